The average Bonchev–Trinajstić information content (AvgIpc) is 3.46. The summed E-state index contributed by atoms with van der Waals surface area (Å²) >= 11 is 6.23. The summed E-state index contributed by atoms with van der Waals surface area (Å²) in [5, 5.41) is 2.78. The number of anilines is 2. The Hall–Kier alpha value is -2.87. The predicted octanol–water partition coefficient (Wildman–Crippen LogP) is 3.74. The molecule has 2 saturated heterocycles. The summed E-state index contributed by atoms with van der Waals surface area (Å²) < 4.78 is 59.6. The van der Waals surface area contributed by atoms with E-state index < -0.39 is 21.9 Å². The number of piperazine rings is 1. The van der Waals surface area contributed by atoms with Gasteiger partial charge in [0.05, 0.1) is 4.90 Å². The quantitative estimate of drug-likeness (QED) is 0.296. The van der Waals surface area contributed by atoms with Crippen LogP contribution in [0.25, 0.3) is 0 Å². The van der Waals surface area contributed by atoms with E-state index in [2.05, 4.69) is 10.3 Å². The van der Waals surface area contributed by atoms with Gasteiger partial charge in [0.15, 0.2) is 0 Å². The molecule has 0 bridgehead atoms. The molecule has 0 spiro atoms. The van der Waals surface area contributed by atoms with Crippen molar-refractivity contribution in [2.75, 3.05) is 55.6 Å². The van der Waals surface area contributed by atoms with Crippen molar-refractivity contribution in [1.82, 2.24) is 14.6 Å². The van der Waals surface area contributed by atoms with Crippen LogP contribution in [0, 0.1) is 11.8 Å². The van der Waals surface area contributed by atoms with E-state index in [1.54, 1.807) is 21.9 Å². The van der Waals surface area contributed by atoms with Crippen molar-refractivity contribution in [2.24, 2.45) is 17.6 Å². The summed E-state index contributed by atoms with van der Waals surface area (Å²) in [5.74, 6) is -4.18. The topological polar surface area (TPSA) is 129 Å². The number of nitrogens with one attached hydrogen (secondary N) is 1. The second-order valence-electron chi connectivity index (χ2n) is 11.7. The van der Waals surface area contributed by atoms with Crippen molar-refractivity contribution in [2.45, 2.75) is 55.8 Å². The van der Waals surface area contributed by atoms with Crippen LogP contribution in [0.2, 0.25) is 5.15 Å². The highest BCUT2D eigenvalue weighted by Crippen LogP contribution is 2.46. The summed E-state index contributed by atoms with van der Waals surface area (Å²) in [6.07, 6.45) is 3.13. The van der Waals surface area contributed by atoms with Gasteiger partial charge in [-0.3, -0.25) is 9.59 Å². The molecular formula is C30H39ClF2N6O4S. The number of aromatic nitrogens is 1. The Labute approximate surface area is 262 Å². The molecule has 10 nitrogen and oxygen atoms in total. The lowest BCUT2D eigenvalue weighted by molar-refractivity contribution is -0.129. The third-order valence-electron chi connectivity index (χ3n) is 8.88. The SMILES string of the molecule is NCCCNC(=O)[C@H]1CC[C@H](C(F)(F)c2cc(Cl)nc(N3CCN(S(=O)(=O)c4ccc(N5CCCC5=O)cc4)CC3)c2)CC1. The largest absolute Gasteiger partial charge is 0.356 e. The molecule has 3 N–H and O–H groups in total. The number of hydrogen-bond donors (Lipinski definition) is 2. The number of halogens is 3. The van der Waals surface area contributed by atoms with Gasteiger partial charge >= 0.3 is 0 Å². The molecule has 3 fully saturated rings. The molecule has 0 atom stereocenters. The van der Waals surface area contributed by atoms with Crippen LogP contribution >= 0.6 is 11.6 Å². The highest BCUT2D eigenvalue weighted by atomic mass is 35.5. The van der Waals surface area contributed by atoms with Gasteiger partial charge in [-0.1, -0.05) is 11.6 Å². The van der Waals surface area contributed by atoms with Crippen LogP contribution in [0.1, 0.15) is 50.5 Å². The molecule has 2 amide bonds. The first-order valence-corrected chi connectivity index (χ1v) is 17.0. The predicted molar refractivity (Wildman–Crippen MR) is 164 cm³/mol. The molecule has 44 heavy (non-hydrogen) atoms. The fraction of sp³-hybridized carbons (Fsp3) is 0.567. The number of alkyl halides is 2. The van der Waals surface area contributed by atoms with Gasteiger partial charge in [0.1, 0.15) is 11.0 Å². The summed E-state index contributed by atoms with van der Waals surface area (Å²) in [7, 11) is -3.79. The number of sulfonamides is 1. The monoisotopic (exact) mass is 652 g/mol. The van der Waals surface area contributed by atoms with Gasteiger partial charge in [0, 0.05) is 68.8 Å². The third-order valence-corrected chi connectivity index (χ3v) is 11.0. The first-order valence-electron chi connectivity index (χ1n) is 15.2. The number of pyridine rings is 1. The zero-order chi connectivity index (χ0) is 31.5. The van der Waals surface area contributed by atoms with E-state index in [1.165, 1.54) is 28.6 Å². The number of rotatable bonds is 10. The van der Waals surface area contributed by atoms with Gasteiger partial charge < -0.3 is 20.9 Å². The minimum Gasteiger partial charge on any atom is -0.356 e. The maximum absolute atomic E-state index is 15.8. The van der Waals surface area contributed by atoms with Crippen LogP contribution in [0.15, 0.2) is 41.3 Å². The van der Waals surface area contributed by atoms with E-state index in [9.17, 15) is 18.0 Å². The zero-order valence-electron chi connectivity index (χ0n) is 24.6. The number of nitrogens with zero attached hydrogens (tertiary/aromatic N) is 4. The molecule has 2 aliphatic heterocycles. The van der Waals surface area contributed by atoms with E-state index in [0.29, 0.717) is 51.0 Å². The second-order valence-corrected chi connectivity index (χ2v) is 14.0. The molecule has 2 aromatic rings. The molecular weight excluding hydrogens is 614 g/mol. The van der Waals surface area contributed by atoms with Crippen molar-refractivity contribution in [1.29, 1.82) is 0 Å². The highest BCUT2D eigenvalue weighted by Gasteiger charge is 2.44. The molecule has 3 heterocycles. The summed E-state index contributed by atoms with van der Waals surface area (Å²) in [6, 6.07) is 8.86. The summed E-state index contributed by atoms with van der Waals surface area (Å²) in [5.41, 5.74) is 5.91. The molecule has 0 radical (unpaired) electrons. The van der Waals surface area contributed by atoms with Gasteiger partial charge in [-0.2, -0.15) is 4.31 Å². The van der Waals surface area contributed by atoms with E-state index in [4.69, 9.17) is 17.3 Å². The lowest BCUT2D eigenvalue weighted by atomic mass is 9.77. The molecule has 14 heteroatoms. The van der Waals surface area contributed by atoms with Crippen LogP contribution < -0.4 is 20.9 Å². The van der Waals surface area contributed by atoms with Gasteiger partial charge in [0.2, 0.25) is 21.8 Å². The normalized spacial score (nSPS) is 22.0. The Balaban J connectivity index is 1.20. The zero-order valence-corrected chi connectivity index (χ0v) is 26.1. The second kappa shape index (κ2) is 13.6. The number of carbonyl (C=O) groups excluding carboxylic acids is 2. The number of nitrogens with two attached hydrogens (primary N) is 1. The first kappa shape index (κ1) is 32.5. The maximum atomic E-state index is 15.8. The molecule has 1 saturated carbocycles. The molecule has 1 aromatic carbocycles. The Morgan fingerprint density at radius 1 is 1.05 bits per heavy atom. The Kier molecular flexibility index (Phi) is 10.1. The fourth-order valence-corrected chi connectivity index (χ4v) is 7.90. The minimum atomic E-state index is -3.79. The molecule has 3 aliphatic rings. The van der Waals surface area contributed by atoms with Crippen molar-refractivity contribution >= 4 is 44.9 Å². The standard InChI is InChI=1S/C30H39ClF2N6O4S/c31-26-19-23(30(32,33)22-6-4-21(5-7-22)29(41)35-13-2-12-34)20-27(36-26)37-15-17-38(18-16-37)44(42,43)25-10-8-24(9-11-25)39-14-1-3-28(39)40/h8-11,19-22H,1-7,12-18,34H2,(H,35,41)/t21-,22-. The number of benzene rings is 1. The van der Waals surface area contributed by atoms with Gasteiger partial charge in [-0.25, -0.2) is 22.2 Å². The van der Waals surface area contributed by atoms with Crippen LogP contribution in [-0.4, -0.2) is 75.3 Å². The summed E-state index contributed by atoms with van der Waals surface area (Å²) in [6.45, 7) is 2.37. The van der Waals surface area contributed by atoms with Gasteiger partial charge in [0.25, 0.3) is 5.92 Å². The minimum absolute atomic E-state index is 0.0263. The van der Waals surface area contributed by atoms with E-state index in [1.807, 2.05) is 0 Å². The summed E-state index contributed by atoms with van der Waals surface area (Å²) in [4.78, 5) is 32.2. The van der Waals surface area contributed by atoms with E-state index in [-0.39, 0.29) is 78.2 Å². The lowest BCUT2D eigenvalue weighted by Gasteiger charge is -2.36. The van der Waals surface area contributed by atoms with E-state index in [0.717, 1.165) is 6.42 Å². The van der Waals surface area contributed by atoms with Gasteiger partial charge in [-0.05, 0) is 81.5 Å². The fourth-order valence-electron chi connectivity index (χ4n) is 6.28. The number of hydrogen-bond acceptors (Lipinski definition) is 7. The first-order chi connectivity index (χ1) is 21.0. The number of carbonyl (C=O) groups is 2. The smallest absolute Gasteiger partial charge is 0.276 e. The molecule has 1 aromatic heterocycles. The Bertz CT molecular complexity index is 1450. The van der Waals surface area contributed by atoms with Crippen molar-refractivity contribution < 1.29 is 26.8 Å². The van der Waals surface area contributed by atoms with E-state index >= 15 is 8.78 Å². The molecule has 240 valence electrons. The van der Waals surface area contributed by atoms with Crippen LogP contribution in [-0.2, 0) is 25.5 Å². The lowest BCUT2D eigenvalue weighted by Crippen LogP contribution is -2.49. The molecule has 5 rings (SSSR count). The average molecular weight is 653 g/mol. The van der Waals surface area contributed by atoms with Crippen LogP contribution in [0.5, 0.6) is 0 Å². The maximum Gasteiger partial charge on any atom is 0.276 e. The van der Waals surface area contributed by atoms with Gasteiger partial charge in [-0.15, -0.1) is 0 Å². The molecule has 0 unspecified atom stereocenters. The Morgan fingerprint density at radius 2 is 1.73 bits per heavy atom. The van der Waals surface area contributed by atoms with Crippen LogP contribution in [0.4, 0.5) is 20.3 Å². The van der Waals surface area contributed by atoms with Crippen molar-refractivity contribution in [3.05, 3.63) is 47.1 Å². The van der Waals surface area contributed by atoms with Crippen molar-refractivity contribution in [3.63, 3.8) is 0 Å². The van der Waals surface area contributed by atoms with Crippen molar-refractivity contribution in [3.8, 4) is 0 Å². The number of amides is 2. The highest BCUT2D eigenvalue weighted by molar-refractivity contribution is 7.89. The third kappa shape index (κ3) is 7.00. The van der Waals surface area contributed by atoms with Crippen LogP contribution in [0.3, 0.4) is 0 Å². The molecule has 1 aliphatic carbocycles. The Morgan fingerprint density at radius 3 is 2.34 bits per heavy atom.